The maximum absolute atomic E-state index is 12.6. The van der Waals surface area contributed by atoms with Crippen LogP contribution in [0.1, 0.15) is 139 Å². The van der Waals surface area contributed by atoms with Gasteiger partial charge in [-0.15, -0.1) is 0 Å². The summed E-state index contributed by atoms with van der Waals surface area (Å²) in [5.41, 5.74) is 2.60. The Morgan fingerprint density at radius 3 is 1.80 bits per heavy atom. The number of nitrogens with zero attached hydrogens (tertiary/aromatic N) is 1. The van der Waals surface area contributed by atoms with E-state index in [0.717, 1.165) is 11.1 Å². The minimum absolute atomic E-state index is 0.00122. The molecule has 0 aliphatic carbocycles. The van der Waals surface area contributed by atoms with Gasteiger partial charge in [0.15, 0.2) is 21.0 Å². The Labute approximate surface area is 335 Å². The number of allylic oxidation sites excluding steroid dienone is 2. The zero-order valence-electron chi connectivity index (χ0n) is 36.7. The van der Waals surface area contributed by atoms with E-state index in [1.54, 1.807) is 33.8 Å². The Hall–Kier alpha value is -2.72. The lowest BCUT2D eigenvalue weighted by Gasteiger charge is -2.34. The number of ketones is 1. The van der Waals surface area contributed by atoms with Crippen molar-refractivity contribution < 1.29 is 56.7 Å². The van der Waals surface area contributed by atoms with E-state index in [1.165, 1.54) is 19.8 Å². The Kier molecular flexibility index (Phi) is 37.0. The number of Topliss-reactive ketones (excluding diaryl/α,β-unsaturated/α-hetero) is 1. The monoisotopic (exact) mass is 820 g/mol. The van der Waals surface area contributed by atoms with Crippen molar-refractivity contribution in [3.05, 3.63) is 53.8 Å². The van der Waals surface area contributed by atoms with Crippen molar-refractivity contribution in [3.8, 4) is 0 Å². The summed E-state index contributed by atoms with van der Waals surface area (Å²) in [5.74, 6) is -0.666. The molecule has 0 radical (unpaired) electrons. The molecule has 0 aliphatic heterocycles. The maximum atomic E-state index is 12.6. The molecule has 14 heteroatoms. The number of hydrogen-bond donors (Lipinski definition) is 2. The van der Waals surface area contributed by atoms with E-state index >= 15 is 0 Å². The maximum Gasteiger partial charge on any atom is 0.345 e. The van der Waals surface area contributed by atoms with Crippen LogP contribution >= 0.6 is 16.1 Å². The lowest BCUT2D eigenvalue weighted by Crippen LogP contribution is -2.46. The Morgan fingerprint density at radius 2 is 1.38 bits per heavy atom. The van der Waals surface area contributed by atoms with Crippen LogP contribution in [-0.4, -0.2) is 78.1 Å². The van der Waals surface area contributed by atoms with Crippen molar-refractivity contribution in [3.63, 3.8) is 0 Å². The van der Waals surface area contributed by atoms with Gasteiger partial charge >= 0.3 is 19.5 Å². The van der Waals surface area contributed by atoms with Gasteiger partial charge in [0, 0.05) is 11.5 Å². The highest BCUT2D eigenvalue weighted by molar-refractivity contribution is 7.62. The average Bonchev–Trinajstić information content (AvgIpc) is 3.13. The molecule has 0 heterocycles. The number of likely N-dealkylation sites (N-methyl/N-ethyl adjacent to an activating group) is 1. The van der Waals surface area contributed by atoms with Gasteiger partial charge in [0.2, 0.25) is 13.5 Å². The smallest absolute Gasteiger partial charge is 0.345 e. The van der Waals surface area contributed by atoms with E-state index in [2.05, 4.69) is 45.1 Å². The molecule has 0 spiro atoms. The largest absolute Gasteiger partial charge is 0.450 e. The molecule has 0 aromatic heterocycles. The van der Waals surface area contributed by atoms with Crippen LogP contribution < -0.4 is 0 Å². The van der Waals surface area contributed by atoms with Gasteiger partial charge in [-0.1, -0.05) is 121 Å². The number of carbonyl (C=O) groups is 3. The summed E-state index contributed by atoms with van der Waals surface area (Å²) < 4.78 is 44.8. The Morgan fingerprint density at radius 1 is 0.891 bits per heavy atom. The molecule has 2 N–H and O–H groups in total. The minimum Gasteiger partial charge on any atom is -0.450 e. The predicted octanol–water partition coefficient (Wildman–Crippen LogP) is 10.6. The number of esters is 2. The molecule has 1 aromatic carbocycles. The first-order valence-electron chi connectivity index (χ1n) is 19.3. The van der Waals surface area contributed by atoms with Gasteiger partial charge in [-0.2, -0.15) is 0 Å². The van der Waals surface area contributed by atoms with Crippen LogP contribution in [0.3, 0.4) is 0 Å². The van der Waals surface area contributed by atoms with E-state index in [9.17, 15) is 28.4 Å². The van der Waals surface area contributed by atoms with E-state index in [1.807, 2.05) is 59.9 Å². The lowest BCUT2D eigenvalue weighted by atomic mass is 10.0. The van der Waals surface area contributed by atoms with Gasteiger partial charge in [-0.25, -0.2) is 0 Å². The van der Waals surface area contributed by atoms with Crippen LogP contribution in [-0.2, 0) is 37.5 Å². The first-order valence-corrected chi connectivity index (χ1v) is 21.8. The summed E-state index contributed by atoms with van der Waals surface area (Å²) in [6, 6.07) is 7.46. The third kappa shape index (κ3) is 30.1. The van der Waals surface area contributed by atoms with Crippen molar-refractivity contribution in [2.75, 3.05) is 40.5 Å². The first kappa shape index (κ1) is 59.0. The molecule has 0 bridgehead atoms. The van der Waals surface area contributed by atoms with Crippen LogP contribution in [0.2, 0.25) is 0 Å². The number of rotatable bonds is 20. The highest BCUT2D eigenvalue weighted by Gasteiger charge is 2.35. The zero-order chi connectivity index (χ0) is 43.8. The first-order chi connectivity index (χ1) is 25.6. The molecule has 55 heavy (non-hydrogen) atoms. The van der Waals surface area contributed by atoms with Crippen molar-refractivity contribution in [1.29, 1.82) is 0 Å². The molecule has 0 saturated heterocycles. The average molecular weight is 821 g/mol. The second kappa shape index (κ2) is 34.5. The normalized spacial score (nSPS) is 13.5. The topological polar surface area (TPSA) is 163 Å². The van der Waals surface area contributed by atoms with Gasteiger partial charge in [-0.05, 0) is 50.0 Å². The molecular formula is C41H76NO11P2+. The molecule has 0 fully saturated rings. The fourth-order valence-corrected chi connectivity index (χ4v) is 5.50. The molecule has 12 nitrogen and oxygen atoms in total. The number of ether oxygens (including phenoxy) is 3. The summed E-state index contributed by atoms with van der Waals surface area (Å²) in [7, 11) is -2.81. The zero-order valence-corrected chi connectivity index (χ0v) is 38.5. The quantitative estimate of drug-likeness (QED) is 0.0321. The van der Waals surface area contributed by atoms with Crippen LogP contribution in [0, 0.1) is 17.8 Å². The SMILES string of the molecule is C=C(OC[N+](C)(C/C=C(\C)c1cccc(C(C)=O)c1)CCCC(P=O)P(=O)(O)OCOC(=O)C(C)C)C(C)C.CC.CC(C)C(=O)OCO.CCC.CCC. The van der Waals surface area contributed by atoms with Crippen LogP contribution in [0.4, 0.5) is 0 Å². The van der Waals surface area contributed by atoms with Crippen LogP contribution in [0.25, 0.3) is 5.57 Å². The summed E-state index contributed by atoms with van der Waals surface area (Å²) in [4.78, 5) is 44.0. The number of aliphatic hydroxyl groups excluding tert-OH is 1. The van der Waals surface area contributed by atoms with E-state index in [4.69, 9.17) is 19.1 Å². The van der Waals surface area contributed by atoms with Gasteiger partial charge in [0.25, 0.3) is 0 Å². The third-order valence-electron chi connectivity index (χ3n) is 7.02. The summed E-state index contributed by atoms with van der Waals surface area (Å²) in [6.07, 6.45) is 5.19. The van der Waals surface area contributed by atoms with Gasteiger partial charge < -0.3 is 24.2 Å². The number of carbonyl (C=O) groups excluding carboxylic acids is 3. The van der Waals surface area contributed by atoms with E-state index < -0.39 is 46.9 Å². The minimum atomic E-state index is -4.29. The molecule has 3 unspecified atom stereocenters. The number of hydrogen-bond acceptors (Lipinski definition) is 10. The van der Waals surface area contributed by atoms with Crippen molar-refractivity contribution in [2.24, 2.45) is 17.8 Å². The van der Waals surface area contributed by atoms with Gasteiger partial charge in [0.05, 0.1) is 31.2 Å². The van der Waals surface area contributed by atoms with Gasteiger partial charge in [0.1, 0.15) is 11.9 Å². The van der Waals surface area contributed by atoms with Gasteiger partial charge in [-0.3, -0.25) is 32.5 Å². The molecule has 320 valence electrons. The van der Waals surface area contributed by atoms with Crippen LogP contribution in [0.15, 0.2) is 42.7 Å². The Bertz CT molecular complexity index is 1300. The standard InChI is InChI=1S/C28H43NO8P2.C5H10O3.2C3H8.C2H6/c1-20(2)24(7)35-18-29(8,16-14-22(5)25-11-9-12-26(17-25)23(6)30)15-10-13-27(38-32)39(33,34)37-19-36-28(31)21(3)4;1-4(2)5(7)8-3-6;2*1-3-2;1-2/h9,11-12,14,17,20-21,27H,7,10,13,15-16,18-19H2,1-6,8H3;4,6H,3H2,1-2H3;2*3H2,1-2H3;1-2H3/p+1/b22-14+;;;;. The summed E-state index contributed by atoms with van der Waals surface area (Å²) in [5, 5.41) is 6.89. The van der Waals surface area contributed by atoms with Crippen molar-refractivity contribution in [1.82, 2.24) is 0 Å². The molecule has 1 rings (SSSR count). The summed E-state index contributed by atoms with van der Waals surface area (Å²) in [6.45, 7) is 30.9. The van der Waals surface area contributed by atoms with Crippen molar-refractivity contribution in [2.45, 2.75) is 128 Å². The second-order valence-corrected chi connectivity index (χ2v) is 17.0. The molecule has 0 aliphatic rings. The van der Waals surface area contributed by atoms with Crippen molar-refractivity contribution >= 4 is 39.4 Å². The number of aliphatic hydroxyl groups is 1. The molecular weight excluding hydrogens is 744 g/mol. The van der Waals surface area contributed by atoms with E-state index in [-0.39, 0.29) is 30.0 Å². The van der Waals surface area contributed by atoms with Crippen LogP contribution in [0.5, 0.6) is 0 Å². The summed E-state index contributed by atoms with van der Waals surface area (Å²) >= 11 is 0. The third-order valence-corrected chi connectivity index (χ3v) is 10.2. The predicted molar refractivity (Wildman–Crippen MR) is 225 cm³/mol. The fourth-order valence-electron chi connectivity index (χ4n) is 3.65. The Balaban J connectivity index is -0.000000684. The number of quaternary nitrogens is 1. The number of benzene rings is 1. The van der Waals surface area contributed by atoms with E-state index in [0.29, 0.717) is 42.0 Å². The highest BCUT2D eigenvalue weighted by atomic mass is 31.2. The highest BCUT2D eigenvalue weighted by Crippen LogP contribution is 2.53. The molecule has 0 amide bonds. The molecule has 1 aromatic rings. The lowest BCUT2D eigenvalue weighted by molar-refractivity contribution is -0.921. The molecule has 0 saturated carbocycles. The second-order valence-electron chi connectivity index (χ2n) is 13.8. The fraction of sp³-hybridized carbons (Fsp3) is 0.683. The molecule has 3 atom stereocenters.